The van der Waals surface area contributed by atoms with Gasteiger partial charge in [-0.05, 0) is 57.0 Å². The van der Waals surface area contributed by atoms with Crippen LogP contribution in [0, 0.1) is 6.92 Å². The maximum absolute atomic E-state index is 6.01. The van der Waals surface area contributed by atoms with Crippen LogP contribution in [0.25, 0.3) is 0 Å². The smallest absolute Gasteiger partial charge is 0.0387 e. The van der Waals surface area contributed by atoms with E-state index in [1.54, 1.807) is 0 Å². The summed E-state index contributed by atoms with van der Waals surface area (Å²) in [6.07, 6.45) is 4.07. The largest absolute Gasteiger partial charge is 0.398 e. The molecule has 2 fully saturated rings. The van der Waals surface area contributed by atoms with Crippen molar-refractivity contribution in [3.8, 4) is 0 Å². The molecule has 1 unspecified atom stereocenters. The number of anilines is 2. The van der Waals surface area contributed by atoms with Crippen LogP contribution in [0.2, 0.25) is 0 Å². The van der Waals surface area contributed by atoms with Gasteiger partial charge < -0.3 is 10.6 Å². The molecule has 2 aliphatic heterocycles. The molecule has 2 aliphatic rings. The quantitative estimate of drug-likeness (QED) is 0.811. The monoisotopic (exact) mass is 245 g/mol. The van der Waals surface area contributed by atoms with Crippen LogP contribution in [0.5, 0.6) is 0 Å². The first-order valence-corrected chi connectivity index (χ1v) is 7.09. The second-order valence-corrected chi connectivity index (χ2v) is 5.67. The number of nitrogens with two attached hydrogens (primary N) is 1. The Labute approximate surface area is 110 Å². The third-order valence-corrected chi connectivity index (χ3v) is 4.45. The first kappa shape index (κ1) is 11.8. The summed E-state index contributed by atoms with van der Waals surface area (Å²) in [7, 11) is 0. The second kappa shape index (κ2) is 4.81. The summed E-state index contributed by atoms with van der Waals surface area (Å²) in [5.74, 6) is 0. The molecule has 98 valence electrons. The summed E-state index contributed by atoms with van der Waals surface area (Å²) in [5.41, 5.74) is 9.39. The standard InChI is InChI=1S/C15H23N3/c1-12-4-5-13(10-15(12)16)18-9-6-14(11-18)17-7-2-3-8-17/h4-5,10,14H,2-3,6-9,11,16H2,1H3. The molecule has 1 atom stereocenters. The van der Waals surface area contributed by atoms with Crippen molar-refractivity contribution in [3.63, 3.8) is 0 Å². The van der Waals surface area contributed by atoms with Crippen LogP contribution >= 0.6 is 0 Å². The summed E-state index contributed by atoms with van der Waals surface area (Å²) >= 11 is 0. The van der Waals surface area contributed by atoms with Crippen molar-refractivity contribution in [1.82, 2.24) is 4.90 Å². The van der Waals surface area contributed by atoms with Crippen LogP contribution in [-0.4, -0.2) is 37.1 Å². The highest BCUT2D eigenvalue weighted by molar-refractivity contribution is 5.60. The fourth-order valence-corrected chi connectivity index (χ4v) is 3.21. The van der Waals surface area contributed by atoms with E-state index in [1.165, 1.54) is 56.7 Å². The lowest BCUT2D eigenvalue weighted by Crippen LogP contribution is -2.35. The van der Waals surface area contributed by atoms with Crippen molar-refractivity contribution in [2.75, 3.05) is 36.8 Å². The minimum atomic E-state index is 0.759. The molecule has 0 amide bonds. The van der Waals surface area contributed by atoms with Gasteiger partial charge in [0.2, 0.25) is 0 Å². The number of benzene rings is 1. The zero-order valence-electron chi connectivity index (χ0n) is 11.2. The summed E-state index contributed by atoms with van der Waals surface area (Å²) in [6.45, 7) is 7.01. The van der Waals surface area contributed by atoms with E-state index in [-0.39, 0.29) is 0 Å². The van der Waals surface area contributed by atoms with E-state index in [0.717, 1.165) is 11.7 Å². The van der Waals surface area contributed by atoms with Crippen molar-refractivity contribution in [3.05, 3.63) is 23.8 Å². The Morgan fingerprint density at radius 2 is 1.94 bits per heavy atom. The highest BCUT2D eigenvalue weighted by Crippen LogP contribution is 2.27. The molecule has 2 N–H and O–H groups in total. The van der Waals surface area contributed by atoms with Crippen LogP contribution in [0.4, 0.5) is 11.4 Å². The number of rotatable bonds is 2. The summed E-state index contributed by atoms with van der Waals surface area (Å²) in [6, 6.07) is 7.23. The molecule has 3 nitrogen and oxygen atoms in total. The zero-order chi connectivity index (χ0) is 12.5. The Bertz CT molecular complexity index is 424. The average molecular weight is 245 g/mol. The maximum Gasteiger partial charge on any atom is 0.0387 e. The van der Waals surface area contributed by atoms with Gasteiger partial charge in [-0.15, -0.1) is 0 Å². The normalized spacial score (nSPS) is 24.9. The predicted molar refractivity (Wildman–Crippen MR) is 77.0 cm³/mol. The van der Waals surface area contributed by atoms with E-state index in [4.69, 9.17) is 5.73 Å². The molecule has 3 heteroatoms. The van der Waals surface area contributed by atoms with Crippen LogP contribution in [0.3, 0.4) is 0 Å². The Hall–Kier alpha value is -1.22. The lowest BCUT2D eigenvalue weighted by molar-refractivity contribution is 0.260. The predicted octanol–water partition coefficient (Wildman–Crippen LogP) is 2.25. The third-order valence-electron chi connectivity index (χ3n) is 4.45. The Balaban J connectivity index is 1.69. The van der Waals surface area contributed by atoms with E-state index in [2.05, 4.69) is 34.9 Å². The first-order valence-electron chi connectivity index (χ1n) is 7.09. The highest BCUT2D eigenvalue weighted by atomic mass is 15.3. The Morgan fingerprint density at radius 1 is 1.17 bits per heavy atom. The molecular formula is C15H23N3. The van der Waals surface area contributed by atoms with Gasteiger partial charge in [0, 0.05) is 30.5 Å². The second-order valence-electron chi connectivity index (χ2n) is 5.67. The minimum absolute atomic E-state index is 0.759. The molecule has 1 aromatic carbocycles. The molecule has 0 radical (unpaired) electrons. The highest BCUT2D eigenvalue weighted by Gasteiger charge is 2.29. The van der Waals surface area contributed by atoms with Gasteiger partial charge >= 0.3 is 0 Å². The van der Waals surface area contributed by atoms with Gasteiger partial charge in [0.1, 0.15) is 0 Å². The summed E-state index contributed by atoms with van der Waals surface area (Å²) < 4.78 is 0. The fraction of sp³-hybridized carbons (Fsp3) is 0.600. The number of hydrogen-bond acceptors (Lipinski definition) is 3. The lowest BCUT2D eigenvalue weighted by atomic mass is 10.2. The van der Waals surface area contributed by atoms with E-state index in [1.807, 2.05) is 0 Å². The molecule has 0 spiro atoms. The van der Waals surface area contributed by atoms with Crippen molar-refractivity contribution < 1.29 is 0 Å². The molecule has 0 aromatic heterocycles. The molecule has 3 rings (SSSR count). The van der Waals surface area contributed by atoms with E-state index in [9.17, 15) is 0 Å². The van der Waals surface area contributed by atoms with Crippen LogP contribution in [0.1, 0.15) is 24.8 Å². The molecule has 0 bridgehead atoms. The number of nitrogen functional groups attached to an aromatic ring is 1. The third kappa shape index (κ3) is 2.19. The molecule has 0 aliphatic carbocycles. The van der Waals surface area contributed by atoms with Crippen molar-refractivity contribution in [1.29, 1.82) is 0 Å². The molecular weight excluding hydrogens is 222 g/mol. The average Bonchev–Trinajstić information content (AvgIpc) is 3.01. The van der Waals surface area contributed by atoms with Gasteiger partial charge in [-0.3, -0.25) is 4.90 Å². The Kier molecular flexibility index (Phi) is 3.16. The zero-order valence-corrected chi connectivity index (χ0v) is 11.2. The van der Waals surface area contributed by atoms with Gasteiger partial charge in [0.15, 0.2) is 0 Å². The van der Waals surface area contributed by atoms with E-state index in [0.29, 0.717) is 0 Å². The SMILES string of the molecule is Cc1ccc(N2CCC(N3CCCC3)C2)cc1N. The first-order chi connectivity index (χ1) is 8.74. The number of hydrogen-bond donors (Lipinski definition) is 1. The van der Waals surface area contributed by atoms with Crippen molar-refractivity contribution in [2.45, 2.75) is 32.2 Å². The van der Waals surface area contributed by atoms with Crippen LogP contribution < -0.4 is 10.6 Å². The lowest BCUT2D eigenvalue weighted by Gasteiger charge is -2.24. The van der Waals surface area contributed by atoms with E-state index < -0.39 is 0 Å². The Morgan fingerprint density at radius 3 is 2.67 bits per heavy atom. The number of likely N-dealkylation sites (tertiary alicyclic amines) is 1. The number of aryl methyl sites for hydroxylation is 1. The van der Waals surface area contributed by atoms with Crippen molar-refractivity contribution in [2.24, 2.45) is 0 Å². The van der Waals surface area contributed by atoms with Gasteiger partial charge in [-0.2, -0.15) is 0 Å². The number of nitrogens with zero attached hydrogens (tertiary/aromatic N) is 2. The maximum atomic E-state index is 6.01. The topological polar surface area (TPSA) is 32.5 Å². The van der Waals surface area contributed by atoms with Gasteiger partial charge in [-0.1, -0.05) is 6.07 Å². The van der Waals surface area contributed by atoms with E-state index >= 15 is 0 Å². The van der Waals surface area contributed by atoms with Gasteiger partial charge in [-0.25, -0.2) is 0 Å². The summed E-state index contributed by atoms with van der Waals surface area (Å²) in [5, 5.41) is 0. The minimum Gasteiger partial charge on any atom is -0.398 e. The van der Waals surface area contributed by atoms with Crippen LogP contribution in [0.15, 0.2) is 18.2 Å². The molecule has 2 saturated heterocycles. The molecule has 1 aromatic rings. The fourth-order valence-electron chi connectivity index (χ4n) is 3.21. The van der Waals surface area contributed by atoms with Crippen LogP contribution in [-0.2, 0) is 0 Å². The molecule has 18 heavy (non-hydrogen) atoms. The van der Waals surface area contributed by atoms with Gasteiger partial charge in [0.05, 0.1) is 0 Å². The van der Waals surface area contributed by atoms with Gasteiger partial charge in [0.25, 0.3) is 0 Å². The van der Waals surface area contributed by atoms with Crippen molar-refractivity contribution >= 4 is 11.4 Å². The molecule has 0 saturated carbocycles. The molecule has 2 heterocycles. The summed E-state index contributed by atoms with van der Waals surface area (Å²) in [4.78, 5) is 5.15.